The van der Waals surface area contributed by atoms with Crippen LogP contribution in [0.5, 0.6) is 0 Å². The highest BCUT2D eigenvalue weighted by molar-refractivity contribution is 7.98. The van der Waals surface area contributed by atoms with E-state index in [-0.39, 0.29) is 5.91 Å². The summed E-state index contributed by atoms with van der Waals surface area (Å²) in [5, 5.41) is 2.94. The molecule has 0 atom stereocenters. The van der Waals surface area contributed by atoms with Gasteiger partial charge >= 0.3 is 0 Å². The molecule has 0 spiro atoms. The normalized spacial score (nSPS) is 10.3. The molecule has 1 N–H and O–H groups in total. The molecule has 0 saturated heterocycles. The number of rotatable bonds is 8. The Kier molecular flexibility index (Phi) is 7.58. The van der Waals surface area contributed by atoms with Crippen molar-refractivity contribution in [3.63, 3.8) is 0 Å². The zero-order valence-corrected chi connectivity index (χ0v) is 12.2. The second kappa shape index (κ2) is 9.03. The van der Waals surface area contributed by atoms with Gasteiger partial charge in [0.05, 0.1) is 0 Å². The highest BCUT2D eigenvalue weighted by Crippen LogP contribution is 2.17. The number of nitrogens with one attached hydrogen (secondary N) is 1. The topological polar surface area (TPSA) is 29.1 Å². The van der Waals surface area contributed by atoms with E-state index < -0.39 is 0 Å². The lowest BCUT2D eigenvalue weighted by Crippen LogP contribution is -2.10. The van der Waals surface area contributed by atoms with E-state index in [1.165, 1.54) is 24.2 Å². The number of hydrogen-bond donors (Lipinski definition) is 1. The fourth-order valence-corrected chi connectivity index (χ4v) is 2.20. The molecule has 0 saturated carbocycles. The molecule has 1 aromatic carbocycles. The summed E-state index contributed by atoms with van der Waals surface area (Å²) in [6.45, 7) is 2.20. The molecule has 0 unspecified atom stereocenters. The molecule has 0 aliphatic rings. The maximum Gasteiger partial charge on any atom is 0.224 e. The van der Waals surface area contributed by atoms with Gasteiger partial charge in [-0.2, -0.15) is 0 Å². The van der Waals surface area contributed by atoms with Gasteiger partial charge in [0.15, 0.2) is 0 Å². The van der Waals surface area contributed by atoms with Crippen molar-refractivity contribution < 1.29 is 4.79 Å². The van der Waals surface area contributed by atoms with E-state index in [0.29, 0.717) is 6.42 Å². The van der Waals surface area contributed by atoms with Crippen molar-refractivity contribution >= 4 is 23.4 Å². The standard InChI is InChI=1S/C15H23NOS/c1-3-4-5-6-7-8-15(17)16-13-9-11-14(18-2)12-10-13/h9-12H,3-8H2,1-2H3,(H,16,17). The van der Waals surface area contributed by atoms with Gasteiger partial charge in [-0.25, -0.2) is 0 Å². The smallest absolute Gasteiger partial charge is 0.224 e. The highest BCUT2D eigenvalue weighted by Gasteiger charge is 2.02. The van der Waals surface area contributed by atoms with Crippen molar-refractivity contribution in [1.82, 2.24) is 0 Å². The first-order chi connectivity index (χ1) is 8.76. The molecule has 0 fully saturated rings. The first kappa shape index (κ1) is 15.1. The third-order valence-electron chi connectivity index (χ3n) is 2.88. The molecule has 0 bridgehead atoms. The Balaban J connectivity index is 2.22. The molecule has 1 amide bonds. The number of carbonyl (C=O) groups is 1. The third-order valence-corrected chi connectivity index (χ3v) is 3.62. The maximum absolute atomic E-state index is 11.7. The van der Waals surface area contributed by atoms with E-state index in [1.54, 1.807) is 11.8 Å². The SMILES string of the molecule is CCCCCCCC(=O)Nc1ccc(SC)cc1. The number of carbonyl (C=O) groups excluding carboxylic acids is 1. The lowest BCUT2D eigenvalue weighted by atomic mass is 10.1. The number of thioether (sulfide) groups is 1. The van der Waals surface area contributed by atoms with Gasteiger partial charge in [0, 0.05) is 17.0 Å². The second-order valence-corrected chi connectivity index (χ2v) is 5.32. The average Bonchev–Trinajstić information content (AvgIpc) is 2.39. The predicted molar refractivity (Wildman–Crippen MR) is 80.2 cm³/mol. The number of anilines is 1. The van der Waals surface area contributed by atoms with Crippen molar-refractivity contribution in [3.8, 4) is 0 Å². The van der Waals surface area contributed by atoms with Crippen molar-refractivity contribution in [2.24, 2.45) is 0 Å². The Morgan fingerprint density at radius 2 is 1.78 bits per heavy atom. The largest absolute Gasteiger partial charge is 0.326 e. The Hall–Kier alpha value is -0.960. The molecule has 0 aliphatic heterocycles. The maximum atomic E-state index is 11.7. The number of hydrogen-bond acceptors (Lipinski definition) is 2. The van der Waals surface area contributed by atoms with E-state index in [2.05, 4.69) is 12.2 Å². The summed E-state index contributed by atoms with van der Waals surface area (Å²) in [7, 11) is 0. The molecule has 0 heterocycles. The van der Waals surface area contributed by atoms with Crippen LogP contribution in [0.2, 0.25) is 0 Å². The lowest BCUT2D eigenvalue weighted by molar-refractivity contribution is -0.116. The summed E-state index contributed by atoms with van der Waals surface area (Å²) in [5.74, 6) is 0.128. The van der Waals surface area contributed by atoms with E-state index in [0.717, 1.165) is 18.5 Å². The molecule has 18 heavy (non-hydrogen) atoms. The molecule has 3 heteroatoms. The summed E-state index contributed by atoms with van der Waals surface area (Å²) in [6.07, 6.45) is 8.59. The first-order valence-corrected chi connectivity index (χ1v) is 7.92. The highest BCUT2D eigenvalue weighted by atomic mass is 32.2. The van der Waals surface area contributed by atoms with Gasteiger partial charge in [-0.15, -0.1) is 11.8 Å². The van der Waals surface area contributed by atoms with Gasteiger partial charge in [-0.05, 0) is 36.9 Å². The first-order valence-electron chi connectivity index (χ1n) is 6.70. The average molecular weight is 265 g/mol. The van der Waals surface area contributed by atoms with Crippen molar-refractivity contribution in [3.05, 3.63) is 24.3 Å². The third kappa shape index (κ3) is 6.10. The molecule has 1 aromatic rings. The van der Waals surface area contributed by atoms with Crippen LogP contribution in [-0.2, 0) is 4.79 Å². The minimum absolute atomic E-state index is 0.128. The second-order valence-electron chi connectivity index (χ2n) is 4.44. The fourth-order valence-electron chi connectivity index (χ4n) is 1.79. The molecule has 1 rings (SSSR count). The van der Waals surface area contributed by atoms with Crippen LogP contribution in [0.4, 0.5) is 5.69 Å². The Morgan fingerprint density at radius 3 is 2.39 bits per heavy atom. The summed E-state index contributed by atoms with van der Waals surface area (Å²) >= 11 is 1.71. The van der Waals surface area contributed by atoms with Crippen molar-refractivity contribution in [2.75, 3.05) is 11.6 Å². The van der Waals surface area contributed by atoms with Crippen LogP contribution < -0.4 is 5.32 Å². The van der Waals surface area contributed by atoms with Crippen LogP contribution in [0.25, 0.3) is 0 Å². The molecule has 0 aliphatic carbocycles. The Morgan fingerprint density at radius 1 is 1.11 bits per heavy atom. The zero-order chi connectivity index (χ0) is 13.2. The van der Waals surface area contributed by atoms with E-state index >= 15 is 0 Å². The Bertz CT molecular complexity index is 348. The van der Waals surface area contributed by atoms with Crippen LogP contribution in [0.15, 0.2) is 29.2 Å². The minimum Gasteiger partial charge on any atom is -0.326 e. The minimum atomic E-state index is 0.128. The molecular weight excluding hydrogens is 242 g/mol. The van der Waals surface area contributed by atoms with Gasteiger partial charge < -0.3 is 5.32 Å². The van der Waals surface area contributed by atoms with Crippen LogP contribution in [0.3, 0.4) is 0 Å². The van der Waals surface area contributed by atoms with Gasteiger partial charge in [0.2, 0.25) is 5.91 Å². The molecule has 2 nitrogen and oxygen atoms in total. The Labute approximate surface area is 115 Å². The van der Waals surface area contributed by atoms with Crippen molar-refractivity contribution in [2.45, 2.75) is 50.3 Å². The number of unbranched alkanes of at least 4 members (excludes halogenated alkanes) is 4. The van der Waals surface area contributed by atoms with Gasteiger partial charge in [-0.3, -0.25) is 4.79 Å². The van der Waals surface area contributed by atoms with Crippen LogP contribution >= 0.6 is 11.8 Å². The van der Waals surface area contributed by atoms with E-state index in [4.69, 9.17) is 0 Å². The summed E-state index contributed by atoms with van der Waals surface area (Å²) in [4.78, 5) is 12.9. The van der Waals surface area contributed by atoms with Gasteiger partial charge in [0.1, 0.15) is 0 Å². The molecule has 100 valence electrons. The fraction of sp³-hybridized carbons (Fsp3) is 0.533. The quantitative estimate of drug-likeness (QED) is 0.545. The predicted octanol–water partition coefficient (Wildman–Crippen LogP) is 4.71. The van der Waals surface area contributed by atoms with Crippen LogP contribution in [0.1, 0.15) is 45.4 Å². The van der Waals surface area contributed by atoms with Crippen LogP contribution in [-0.4, -0.2) is 12.2 Å². The number of amides is 1. The summed E-state index contributed by atoms with van der Waals surface area (Å²) in [5.41, 5.74) is 0.895. The number of benzene rings is 1. The molecule has 0 aromatic heterocycles. The van der Waals surface area contributed by atoms with Crippen LogP contribution in [0, 0.1) is 0 Å². The van der Waals surface area contributed by atoms with Gasteiger partial charge in [0.25, 0.3) is 0 Å². The van der Waals surface area contributed by atoms with Gasteiger partial charge in [-0.1, -0.05) is 32.6 Å². The summed E-state index contributed by atoms with van der Waals surface area (Å²) < 4.78 is 0. The molecular formula is C15H23NOS. The monoisotopic (exact) mass is 265 g/mol. The lowest BCUT2D eigenvalue weighted by Gasteiger charge is -2.05. The zero-order valence-electron chi connectivity index (χ0n) is 11.4. The van der Waals surface area contributed by atoms with E-state index in [9.17, 15) is 4.79 Å². The molecule has 0 radical (unpaired) electrons. The summed E-state index contributed by atoms with van der Waals surface area (Å²) in [6, 6.07) is 7.98. The van der Waals surface area contributed by atoms with Crippen molar-refractivity contribution in [1.29, 1.82) is 0 Å². The van der Waals surface area contributed by atoms with E-state index in [1.807, 2.05) is 30.5 Å².